The molecule has 0 atom stereocenters. The van der Waals surface area contributed by atoms with Crippen LogP contribution in [0.25, 0.3) is 11.2 Å². The molecule has 0 spiro atoms. The van der Waals surface area contributed by atoms with Crippen LogP contribution in [-0.4, -0.2) is 31.8 Å². The zero-order chi connectivity index (χ0) is 14.3. The summed E-state index contributed by atoms with van der Waals surface area (Å²) in [5, 5.41) is 3.31. The van der Waals surface area contributed by atoms with Crippen LogP contribution in [0.5, 0.6) is 0 Å². The van der Waals surface area contributed by atoms with Crippen LogP contribution in [0, 0.1) is 0 Å². The molecule has 0 aliphatic carbocycles. The van der Waals surface area contributed by atoms with E-state index in [1.807, 2.05) is 11.5 Å². The van der Waals surface area contributed by atoms with Gasteiger partial charge in [-0.2, -0.15) is 0 Å². The highest BCUT2D eigenvalue weighted by Gasteiger charge is 2.21. The maximum atomic E-state index is 12.4. The Kier molecular flexibility index (Phi) is 3.21. The van der Waals surface area contributed by atoms with Crippen molar-refractivity contribution in [2.75, 3.05) is 13.1 Å². The minimum Gasteiger partial charge on any atom is -0.322 e. The minimum absolute atomic E-state index is 0.259. The molecule has 0 aromatic carbocycles. The first-order valence-corrected chi connectivity index (χ1v) is 7.02. The number of nitrogens with one attached hydrogen (secondary N) is 1. The van der Waals surface area contributed by atoms with Gasteiger partial charge in [0.25, 0.3) is 5.56 Å². The summed E-state index contributed by atoms with van der Waals surface area (Å²) in [6.45, 7) is 4.28. The van der Waals surface area contributed by atoms with Gasteiger partial charge in [-0.05, 0) is 32.9 Å². The van der Waals surface area contributed by atoms with Crippen molar-refractivity contribution in [1.82, 2.24) is 24.0 Å². The molecule has 3 heterocycles. The summed E-state index contributed by atoms with van der Waals surface area (Å²) in [6.07, 6.45) is 3.65. The topological polar surface area (TPSA) is 73.8 Å². The summed E-state index contributed by atoms with van der Waals surface area (Å²) in [7, 11) is 1.52. The number of aryl methyl sites for hydroxylation is 1. The Hall–Kier alpha value is -1.89. The Morgan fingerprint density at radius 3 is 2.70 bits per heavy atom. The van der Waals surface area contributed by atoms with E-state index in [9.17, 15) is 9.59 Å². The molecule has 1 fully saturated rings. The molecule has 7 heteroatoms. The van der Waals surface area contributed by atoms with E-state index in [0.29, 0.717) is 17.7 Å². The number of imidazole rings is 1. The molecule has 0 bridgehead atoms. The molecule has 1 aliphatic rings. The van der Waals surface area contributed by atoms with Crippen molar-refractivity contribution < 1.29 is 0 Å². The first kappa shape index (κ1) is 13.1. The van der Waals surface area contributed by atoms with Crippen LogP contribution < -0.4 is 16.6 Å². The minimum atomic E-state index is -0.305. The van der Waals surface area contributed by atoms with Crippen molar-refractivity contribution >= 4 is 11.2 Å². The molecule has 3 rings (SSSR count). The maximum Gasteiger partial charge on any atom is 0.332 e. The Morgan fingerprint density at radius 1 is 1.35 bits per heavy atom. The quantitative estimate of drug-likeness (QED) is 0.828. The molecule has 1 N–H and O–H groups in total. The summed E-state index contributed by atoms with van der Waals surface area (Å²) in [4.78, 5) is 28.8. The van der Waals surface area contributed by atoms with E-state index in [-0.39, 0.29) is 17.3 Å². The average Bonchev–Trinajstić information content (AvgIpc) is 2.91. The van der Waals surface area contributed by atoms with Crippen LogP contribution >= 0.6 is 0 Å². The van der Waals surface area contributed by atoms with Crippen LogP contribution in [-0.2, 0) is 13.6 Å². The average molecular weight is 277 g/mol. The zero-order valence-corrected chi connectivity index (χ0v) is 11.8. The van der Waals surface area contributed by atoms with E-state index < -0.39 is 0 Å². The monoisotopic (exact) mass is 277 g/mol. The van der Waals surface area contributed by atoms with Gasteiger partial charge in [0.05, 0.1) is 6.33 Å². The Bertz CT molecular complexity index is 748. The molecule has 0 saturated carbocycles. The second-order valence-electron chi connectivity index (χ2n) is 5.20. The summed E-state index contributed by atoms with van der Waals surface area (Å²) in [6, 6.07) is 0.275. The highest BCUT2D eigenvalue weighted by atomic mass is 16.2. The third kappa shape index (κ3) is 1.81. The summed E-state index contributed by atoms with van der Waals surface area (Å²) in [5.41, 5.74) is 0.478. The van der Waals surface area contributed by atoms with E-state index in [1.165, 1.54) is 11.6 Å². The number of fused-ring (bicyclic) bond motifs is 1. The molecule has 2 aromatic rings. The smallest absolute Gasteiger partial charge is 0.322 e. The Morgan fingerprint density at radius 2 is 2.05 bits per heavy atom. The van der Waals surface area contributed by atoms with Crippen LogP contribution in [0.15, 0.2) is 15.9 Å². The molecule has 1 aliphatic heterocycles. The van der Waals surface area contributed by atoms with Crippen molar-refractivity contribution in [1.29, 1.82) is 0 Å². The van der Waals surface area contributed by atoms with E-state index in [0.717, 1.165) is 25.9 Å². The predicted molar refractivity (Wildman–Crippen MR) is 76.0 cm³/mol. The van der Waals surface area contributed by atoms with Crippen molar-refractivity contribution in [3.63, 3.8) is 0 Å². The summed E-state index contributed by atoms with van der Waals surface area (Å²) >= 11 is 0. The van der Waals surface area contributed by atoms with E-state index in [1.54, 1.807) is 10.9 Å². The van der Waals surface area contributed by atoms with Crippen molar-refractivity contribution in [2.24, 2.45) is 7.05 Å². The molecule has 0 radical (unpaired) electrons. The Labute approximate surface area is 115 Å². The second kappa shape index (κ2) is 4.90. The number of nitrogens with zero attached hydrogens (tertiary/aromatic N) is 4. The second-order valence-corrected chi connectivity index (χ2v) is 5.20. The van der Waals surface area contributed by atoms with Crippen molar-refractivity contribution in [2.45, 2.75) is 32.4 Å². The van der Waals surface area contributed by atoms with E-state index in [2.05, 4.69) is 10.3 Å². The third-order valence-electron chi connectivity index (χ3n) is 4.07. The highest BCUT2D eigenvalue weighted by molar-refractivity contribution is 5.70. The van der Waals surface area contributed by atoms with Crippen molar-refractivity contribution in [3.05, 3.63) is 27.2 Å². The molecule has 7 nitrogen and oxygen atoms in total. The van der Waals surface area contributed by atoms with Gasteiger partial charge in [-0.15, -0.1) is 0 Å². The predicted octanol–water partition coefficient (Wildman–Crippen LogP) is -0.159. The van der Waals surface area contributed by atoms with Gasteiger partial charge in [-0.3, -0.25) is 13.9 Å². The molecule has 108 valence electrons. The van der Waals surface area contributed by atoms with E-state index in [4.69, 9.17) is 0 Å². The maximum absolute atomic E-state index is 12.4. The first-order valence-electron chi connectivity index (χ1n) is 7.02. The van der Waals surface area contributed by atoms with Gasteiger partial charge in [0.1, 0.15) is 0 Å². The SMILES string of the molecule is CCn1c(=O)n(C)c(=O)c2c1ncn2C1CCNCC1. The normalized spacial score (nSPS) is 16.9. The van der Waals surface area contributed by atoms with Gasteiger partial charge in [0, 0.05) is 19.6 Å². The van der Waals surface area contributed by atoms with Crippen LogP contribution in [0.1, 0.15) is 25.8 Å². The van der Waals surface area contributed by atoms with Crippen molar-refractivity contribution in [3.8, 4) is 0 Å². The fourth-order valence-corrected chi connectivity index (χ4v) is 2.92. The first-order chi connectivity index (χ1) is 9.65. The number of hydrogen-bond acceptors (Lipinski definition) is 4. The fraction of sp³-hybridized carbons (Fsp3) is 0.615. The lowest BCUT2D eigenvalue weighted by Crippen LogP contribution is -2.39. The van der Waals surface area contributed by atoms with Gasteiger partial charge in [0.2, 0.25) is 0 Å². The van der Waals surface area contributed by atoms with Gasteiger partial charge in [-0.1, -0.05) is 0 Å². The number of aromatic nitrogens is 4. The van der Waals surface area contributed by atoms with E-state index >= 15 is 0 Å². The standard InChI is InChI=1S/C13H19N5O2/c1-3-17-11-10(12(19)16(2)13(17)20)18(8-15-11)9-4-6-14-7-5-9/h8-9,14H,3-7H2,1-2H3. The summed E-state index contributed by atoms with van der Waals surface area (Å²) in [5.74, 6) is 0. The van der Waals surface area contributed by atoms with Gasteiger partial charge in [-0.25, -0.2) is 9.78 Å². The fourth-order valence-electron chi connectivity index (χ4n) is 2.92. The third-order valence-corrected chi connectivity index (χ3v) is 4.07. The molecule has 0 unspecified atom stereocenters. The number of piperidine rings is 1. The lowest BCUT2D eigenvalue weighted by molar-refractivity contribution is 0.374. The lowest BCUT2D eigenvalue weighted by Gasteiger charge is -2.24. The molecule has 2 aromatic heterocycles. The van der Waals surface area contributed by atoms with Gasteiger partial charge >= 0.3 is 5.69 Å². The molecule has 0 amide bonds. The van der Waals surface area contributed by atoms with Gasteiger partial charge in [0.15, 0.2) is 11.2 Å². The number of hydrogen-bond donors (Lipinski definition) is 1. The molecular weight excluding hydrogens is 258 g/mol. The van der Waals surface area contributed by atoms with Crippen LogP contribution in [0.2, 0.25) is 0 Å². The zero-order valence-electron chi connectivity index (χ0n) is 11.8. The molecular formula is C13H19N5O2. The summed E-state index contributed by atoms with van der Waals surface area (Å²) < 4.78 is 4.67. The van der Waals surface area contributed by atoms with Crippen LogP contribution in [0.3, 0.4) is 0 Å². The highest BCUT2D eigenvalue weighted by Crippen LogP contribution is 2.21. The van der Waals surface area contributed by atoms with Gasteiger partial charge < -0.3 is 9.88 Å². The van der Waals surface area contributed by atoms with Crippen LogP contribution in [0.4, 0.5) is 0 Å². The molecule has 1 saturated heterocycles. The lowest BCUT2D eigenvalue weighted by atomic mass is 10.1. The molecule has 20 heavy (non-hydrogen) atoms. The Balaban J connectivity index is 2.28. The largest absolute Gasteiger partial charge is 0.332 e. The number of rotatable bonds is 2.